The van der Waals surface area contributed by atoms with Crippen LogP contribution in [0.5, 0.6) is 0 Å². The van der Waals surface area contributed by atoms with E-state index < -0.39 is 0 Å². The first kappa shape index (κ1) is 88.0. The van der Waals surface area contributed by atoms with Gasteiger partial charge in [-0.25, -0.2) is 0 Å². The van der Waals surface area contributed by atoms with Crippen LogP contribution in [0.25, 0.3) is 0 Å². The lowest BCUT2D eigenvalue weighted by atomic mass is 9.89. The summed E-state index contributed by atoms with van der Waals surface area (Å²) < 4.78 is 0. The first-order valence-electron chi connectivity index (χ1n) is 41.4. The Kier molecular flexibility index (Phi) is 49.3. The van der Waals surface area contributed by atoms with Gasteiger partial charge in [-0.1, -0.05) is 64.2 Å². The van der Waals surface area contributed by atoms with Crippen molar-refractivity contribution in [2.24, 2.45) is 5.73 Å². The molecule has 0 radical (unpaired) electrons. The van der Waals surface area contributed by atoms with Crippen LogP contribution in [0.4, 0.5) is 0 Å². The lowest BCUT2D eigenvalue weighted by Gasteiger charge is -2.35. The fraction of sp³-hybridized carbons (Fsp3) is 1.00. The third-order valence-electron chi connectivity index (χ3n) is 22.7. The average Bonchev–Trinajstić information content (AvgIpc) is 1.37. The molecule has 5 aliphatic carbocycles. The summed E-state index contributed by atoms with van der Waals surface area (Å²) >= 11 is 0. The highest BCUT2D eigenvalue weighted by Gasteiger charge is 2.31. The molecule has 4 aliphatic heterocycles. The minimum absolute atomic E-state index is 0. The van der Waals surface area contributed by atoms with Crippen molar-refractivity contribution >= 4 is 12.4 Å². The van der Waals surface area contributed by atoms with Crippen LogP contribution in [0.15, 0.2) is 0 Å². The molecule has 0 spiro atoms. The summed E-state index contributed by atoms with van der Waals surface area (Å²) in [6.45, 7) is 41.0. The second-order valence-corrected chi connectivity index (χ2v) is 31.9. The average molecular weight is 1410 g/mol. The van der Waals surface area contributed by atoms with Crippen LogP contribution in [0, 0.1) is 0 Å². The normalized spacial score (nSPS) is 37.9. The number of nitrogens with two attached hydrogens (primary N) is 1. The molecule has 9 fully saturated rings. The Morgan fingerprint density at radius 2 is 0.439 bits per heavy atom. The summed E-state index contributed by atoms with van der Waals surface area (Å²) in [6, 6.07) is 11.5. The van der Waals surface area contributed by atoms with E-state index >= 15 is 0 Å². The number of hydrogen-bond donors (Lipinski definition) is 22. The van der Waals surface area contributed by atoms with E-state index in [0.29, 0.717) is 121 Å². The smallest absolute Gasteiger partial charge is 0.0221 e. The number of halogens is 1. The summed E-state index contributed by atoms with van der Waals surface area (Å²) in [7, 11) is 2.05. The first-order valence-corrected chi connectivity index (χ1v) is 41.4. The van der Waals surface area contributed by atoms with Crippen LogP contribution in [0.3, 0.4) is 0 Å². The van der Waals surface area contributed by atoms with Gasteiger partial charge in [0.15, 0.2) is 0 Å². The third-order valence-corrected chi connectivity index (χ3v) is 22.7. The van der Waals surface area contributed by atoms with Gasteiger partial charge in [-0.3, -0.25) is 0 Å². The van der Waals surface area contributed by atoms with Crippen molar-refractivity contribution in [1.29, 1.82) is 0 Å². The van der Waals surface area contributed by atoms with Crippen molar-refractivity contribution in [3.8, 4) is 0 Å². The Balaban J connectivity index is 0.000000237. The van der Waals surface area contributed by atoms with Crippen molar-refractivity contribution in [2.75, 3.05) is 151 Å². The maximum absolute atomic E-state index is 5.77. The fourth-order valence-corrected chi connectivity index (χ4v) is 16.4. The first-order chi connectivity index (χ1) is 47.3. The Bertz CT molecular complexity index is 1780. The summed E-state index contributed by atoms with van der Waals surface area (Å²) in [5, 5.41) is 78.2. The number of nitrogens with one attached hydrogen (secondary N) is 21. The lowest BCUT2D eigenvalue weighted by Crippen LogP contribution is -2.54. The van der Waals surface area contributed by atoms with Crippen molar-refractivity contribution in [3.63, 3.8) is 0 Å². The zero-order valence-corrected chi connectivity index (χ0v) is 65.4. The van der Waals surface area contributed by atoms with Gasteiger partial charge in [0.2, 0.25) is 0 Å². The molecule has 580 valence electrons. The van der Waals surface area contributed by atoms with Crippen molar-refractivity contribution < 1.29 is 0 Å². The van der Waals surface area contributed by atoms with E-state index in [2.05, 4.69) is 174 Å². The predicted molar refractivity (Wildman–Crippen MR) is 422 cm³/mol. The monoisotopic (exact) mass is 1410 g/mol. The van der Waals surface area contributed by atoms with Gasteiger partial charge in [-0.05, 0) is 165 Å². The molecular weight excluding hydrogens is 1240 g/mol. The number of rotatable bonds is 7. The van der Waals surface area contributed by atoms with E-state index in [4.69, 9.17) is 5.73 Å². The summed E-state index contributed by atoms with van der Waals surface area (Å²) in [6.07, 6.45) is 31.6. The summed E-state index contributed by atoms with van der Waals surface area (Å²) in [5.41, 5.74) is 5.77. The minimum Gasteiger partial charge on any atom is -0.330 e. The minimum atomic E-state index is 0. The van der Waals surface area contributed by atoms with Crippen molar-refractivity contribution in [3.05, 3.63) is 0 Å². The topological polar surface area (TPSA) is 279 Å². The van der Waals surface area contributed by atoms with Gasteiger partial charge in [0.25, 0.3) is 0 Å². The van der Waals surface area contributed by atoms with E-state index in [9.17, 15) is 0 Å². The second kappa shape index (κ2) is 54.9. The van der Waals surface area contributed by atoms with E-state index in [1.54, 1.807) is 0 Å². The standard InChI is InChI=1S/C22H46N6.C21H44N6.C17H37N5.C15H35N5.ClH/c1-23-12-6-7-18-17-28-22-11-5-4-10-21(22)27-16-15-26-20-9-3-2-8-19(20)25-14-13-24-18;22-11-5-6-17-16-27-21-10-4-3-9-20(21)26-15-14-25-19-8-2-1-7-18(19)24-13-12-23-17;1-13-10-20-14(2)11-21-15(3)12-22-17-7-5-4-6-16(17)19-9-8-18-13;1-11-6-17-13(3)8-19-15(5)10-20-14(4)9-18-12(2)7-16-11;/h18-28H,2-17H2,1H3;17-21,23-27H,1-16,22H2;13-22H,4-12H2,1-3H3;11-20H,6-10H2,1-5H3;1H/t18-,19+,20+,21+,22+;17-,18+,19+,20+,21+;13-,14+,15-,16+,17+;11-,12-,13+,14+,15-;/m0000./s1. The molecule has 9 aliphatic rings. The Morgan fingerprint density at radius 3 is 0.684 bits per heavy atom. The maximum Gasteiger partial charge on any atom is 0.0221 e. The van der Waals surface area contributed by atoms with Crippen molar-refractivity contribution in [1.82, 2.24) is 112 Å². The van der Waals surface area contributed by atoms with E-state index in [1.165, 1.54) is 148 Å². The molecule has 98 heavy (non-hydrogen) atoms. The SMILES string of the molecule is CNCCC[C@H]1CN[C@@H]2CCCC[C@H]2NCCN[C@@H]2CCCC[C@H]2NCCN1.C[C@@H]1CN[C@@H](C)CN[C@@H]2CCCC[C@H]2NCCN[C@@H](C)CN1.C[C@@H]1CN[C@@H](C)CN[C@H](C)CN[C@@H](C)CN[C@@H](C)CN1.Cl.NCCC[C@H]1CN[C@@H]2CCCC[C@H]2NCCN[C@@H]2CCCC[C@H]2NCCN1. The van der Waals surface area contributed by atoms with Gasteiger partial charge in [0.1, 0.15) is 0 Å². The molecule has 0 aromatic heterocycles. The number of hydrogen-bond acceptors (Lipinski definition) is 22. The third kappa shape index (κ3) is 38.6. The van der Waals surface area contributed by atoms with Crippen LogP contribution >= 0.6 is 12.4 Å². The highest BCUT2D eigenvalue weighted by Crippen LogP contribution is 2.23. The van der Waals surface area contributed by atoms with Gasteiger partial charge in [-0.2, -0.15) is 0 Å². The fourth-order valence-electron chi connectivity index (χ4n) is 16.4. The second-order valence-electron chi connectivity index (χ2n) is 31.9. The van der Waals surface area contributed by atoms with Crippen LogP contribution in [0.2, 0.25) is 0 Å². The quantitative estimate of drug-likeness (QED) is 0.163. The molecule has 0 aromatic rings. The highest BCUT2D eigenvalue weighted by atomic mass is 35.5. The molecule has 5 saturated carbocycles. The highest BCUT2D eigenvalue weighted by molar-refractivity contribution is 5.85. The van der Waals surface area contributed by atoms with Gasteiger partial charge >= 0.3 is 0 Å². The van der Waals surface area contributed by atoms with Crippen LogP contribution in [-0.4, -0.2) is 272 Å². The molecule has 0 unspecified atom stereocenters. The van der Waals surface area contributed by atoms with Gasteiger partial charge in [-0.15, -0.1) is 12.4 Å². The maximum atomic E-state index is 5.77. The Hall–Kier alpha value is -0.590. The predicted octanol–water partition coefficient (Wildman–Crippen LogP) is 2.35. The summed E-state index contributed by atoms with van der Waals surface area (Å²) in [5.74, 6) is 0. The largest absolute Gasteiger partial charge is 0.330 e. The van der Waals surface area contributed by atoms with Gasteiger partial charge in [0, 0.05) is 252 Å². The van der Waals surface area contributed by atoms with Crippen molar-refractivity contribution in [2.45, 2.75) is 330 Å². The molecule has 4 saturated heterocycles. The van der Waals surface area contributed by atoms with Crippen LogP contribution in [-0.2, 0) is 0 Å². The van der Waals surface area contributed by atoms with Gasteiger partial charge in [0.05, 0.1) is 0 Å². The summed E-state index contributed by atoms with van der Waals surface area (Å²) in [4.78, 5) is 0. The zero-order valence-electron chi connectivity index (χ0n) is 64.6. The lowest BCUT2D eigenvalue weighted by molar-refractivity contribution is 0.267. The molecule has 20 atom stereocenters. The van der Waals surface area contributed by atoms with E-state index in [0.717, 1.165) is 150 Å². The van der Waals surface area contributed by atoms with Crippen LogP contribution in [0.1, 0.15) is 209 Å². The van der Waals surface area contributed by atoms with E-state index in [1.807, 2.05) is 0 Å². The Labute approximate surface area is 608 Å². The molecule has 23 N–H and O–H groups in total. The molecule has 4 heterocycles. The molecule has 0 aromatic carbocycles. The molecule has 9 rings (SSSR count). The Morgan fingerprint density at radius 1 is 0.245 bits per heavy atom. The van der Waals surface area contributed by atoms with Gasteiger partial charge < -0.3 is 117 Å². The number of fused-ring (bicyclic) bond motifs is 5. The molecule has 22 nitrogen and oxygen atoms in total. The molecule has 23 heteroatoms. The molecule has 0 amide bonds. The van der Waals surface area contributed by atoms with E-state index in [-0.39, 0.29) is 12.4 Å². The molecular formula is C75H163ClN22. The molecule has 0 bridgehead atoms. The van der Waals surface area contributed by atoms with Crippen LogP contribution < -0.4 is 117 Å². The zero-order chi connectivity index (χ0) is 68.9.